The summed E-state index contributed by atoms with van der Waals surface area (Å²) in [5.41, 5.74) is 0.516. The molecule has 0 radical (unpaired) electrons. The van der Waals surface area contributed by atoms with Crippen LogP contribution in [0.1, 0.15) is 30.3 Å². The number of piperidine rings is 1. The van der Waals surface area contributed by atoms with Crippen molar-refractivity contribution < 1.29 is 4.79 Å². The lowest BCUT2D eigenvalue weighted by Gasteiger charge is -2.30. The van der Waals surface area contributed by atoms with Crippen LogP contribution in [-0.4, -0.2) is 29.5 Å². The minimum absolute atomic E-state index is 0. The molecule has 2 heterocycles. The van der Waals surface area contributed by atoms with E-state index in [-0.39, 0.29) is 24.4 Å². The molecule has 1 aromatic heterocycles. The van der Waals surface area contributed by atoms with Gasteiger partial charge in [0.15, 0.2) is 0 Å². The fourth-order valence-electron chi connectivity index (χ4n) is 1.99. The van der Waals surface area contributed by atoms with Gasteiger partial charge in [0.1, 0.15) is 5.69 Å². The van der Waals surface area contributed by atoms with E-state index in [0.717, 1.165) is 19.4 Å². The summed E-state index contributed by atoms with van der Waals surface area (Å²) in [5, 5.41) is 6.91. The van der Waals surface area contributed by atoms with Gasteiger partial charge in [-0.15, -0.1) is 12.4 Å². The zero-order valence-electron chi connectivity index (χ0n) is 9.63. The quantitative estimate of drug-likeness (QED) is 0.774. The molecular weight excluding hydrogens is 261 g/mol. The minimum atomic E-state index is -0.0903. The van der Waals surface area contributed by atoms with Gasteiger partial charge in [-0.25, -0.2) is 0 Å². The number of rotatable bonds is 2. The first-order valence-electron chi connectivity index (χ1n) is 5.55. The summed E-state index contributed by atoms with van der Waals surface area (Å²) in [6.45, 7) is 3.12. The van der Waals surface area contributed by atoms with Gasteiger partial charge in [0.25, 0.3) is 5.91 Å². The second-order valence-electron chi connectivity index (χ2n) is 4.20. The second kappa shape index (κ2) is 6.28. The molecule has 0 spiro atoms. The van der Waals surface area contributed by atoms with E-state index in [2.05, 4.69) is 22.5 Å². The summed E-state index contributed by atoms with van der Waals surface area (Å²) in [5.74, 6) is -0.0903. The van der Waals surface area contributed by atoms with Crippen LogP contribution >= 0.6 is 24.0 Å². The molecule has 3 N–H and O–H groups in total. The van der Waals surface area contributed by atoms with Gasteiger partial charge in [-0.2, -0.15) is 0 Å². The van der Waals surface area contributed by atoms with Crippen LogP contribution in [-0.2, 0) is 0 Å². The van der Waals surface area contributed by atoms with Gasteiger partial charge in [0.05, 0.1) is 5.02 Å². The van der Waals surface area contributed by atoms with Crippen molar-refractivity contribution >= 4 is 29.9 Å². The lowest BCUT2D eigenvalue weighted by Crippen LogP contribution is -2.51. The zero-order chi connectivity index (χ0) is 11.5. The fourth-order valence-corrected chi connectivity index (χ4v) is 2.15. The smallest absolute Gasteiger partial charge is 0.268 e. The van der Waals surface area contributed by atoms with E-state index in [1.54, 1.807) is 12.3 Å². The number of carbonyl (C=O) groups excluding carboxylic acids is 1. The Balaban J connectivity index is 0.00000144. The van der Waals surface area contributed by atoms with Crippen molar-refractivity contribution in [2.24, 2.45) is 0 Å². The minimum Gasteiger partial charge on any atom is -0.356 e. The third-order valence-corrected chi connectivity index (χ3v) is 3.19. The van der Waals surface area contributed by atoms with Gasteiger partial charge >= 0.3 is 0 Å². The first kappa shape index (κ1) is 14.4. The van der Waals surface area contributed by atoms with Crippen LogP contribution in [0.15, 0.2) is 12.3 Å². The van der Waals surface area contributed by atoms with Crippen molar-refractivity contribution in [2.45, 2.75) is 31.8 Å². The molecule has 1 fully saturated rings. The molecule has 96 valence electrons. The highest BCUT2D eigenvalue weighted by molar-refractivity contribution is 6.30. The van der Waals surface area contributed by atoms with E-state index in [0.29, 0.717) is 16.8 Å². The van der Waals surface area contributed by atoms with Crippen LogP contribution in [0.2, 0.25) is 5.02 Å². The number of aromatic nitrogens is 1. The SMILES string of the molecule is CC1NCCCC1NC(=O)c1cc(Cl)c[nH]1.Cl. The lowest BCUT2D eigenvalue weighted by atomic mass is 10.00. The second-order valence-corrected chi connectivity index (χ2v) is 4.63. The molecule has 1 amide bonds. The maximum absolute atomic E-state index is 11.8. The summed E-state index contributed by atoms with van der Waals surface area (Å²) >= 11 is 5.75. The highest BCUT2D eigenvalue weighted by atomic mass is 35.5. The molecule has 0 aromatic carbocycles. The molecule has 0 aliphatic carbocycles. The van der Waals surface area contributed by atoms with E-state index < -0.39 is 0 Å². The van der Waals surface area contributed by atoms with E-state index in [4.69, 9.17) is 11.6 Å². The summed E-state index contributed by atoms with van der Waals surface area (Å²) in [4.78, 5) is 14.7. The van der Waals surface area contributed by atoms with E-state index in [1.165, 1.54) is 0 Å². The molecule has 1 aliphatic heterocycles. The first-order valence-corrected chi connectivity index (χ1v) is 5.93. The van der Waals surface area contributed by atoms with Crippen molar-refractivity contribution in [1.29, 1.82) is 0 Å². The van der Waals surface area contributed by atoms with Gasteiger partial charge in [-0.3, -0.25) is 4.79 Å². The Morgan fingerprint density at radius 3 is 2.94 bits per heavy atom. The van der Waals surface area contributed by atoms with Gasteiger partial charge < -0.3 is 15.6 Å². The summed E-state index contributed by atoms with van der Waals surface area (Å²) < 4.78 is 0. The van der Waals surface area contributed by atoms with Gasteiger partial charge in [-0.1, -0.05) is 11.6 Å². The zero-order valence-corrected chi connectivity index (χ0v) is 11.2. The third-order valence-electron chi connectivity index (χ3n) is 2.97. The van der Waals surface area contributed by atoms with Crippen LogP contribution in [0, 0.1) is 0 Å². The molecule has 17 heavy (non-hydrogen) atoms. The van der Waals surface area contributed by atoms with Crippen LogP contribution in [0.3, 0.4) is 0 Å². The average molecular weight is 278 g/mol. The van der Waals surface area contributed by atoms with Crippen LogP contribution in [0.4, 0.5) is 0 Å². The monoisotopic (exact) mass is 277 g/mol. The number of hydrogen-bond acceptors (Lipinski definition) is 2. The van der Waals surface area contributed by atoms with Crippen LogP contribution in [0.25, 0.3) is 0 Å². The molecule has 2 atom stereocenters. The van der Waals surface area contributed by atoms with Crippen molar-refractivity contribution in [2.75, 3.05) is 6.54 Å². The van der Waals surface area contributed by atoms with E-state index >= 15 is 0 Å². The largest absolute Gasteiger partial charge is 0.356 e. The van der Waals surface area contributed by atoms with Crippen LogP contribution in [0.5, 0.6) is 0 Å². The maximum atomic E-state index is 11.8. The predicted molar refractivity (Wildman–Crippen MR) is 71.0 cm³/mol. The number of H-pyrrole nitrogens is 1. The van der Waals surface area contributed by atoms with Crippen molar-refractivity contribution in [1.82, 2.24) is 15.6 Å². The molecule has 2 unspecified atom stereocenters. The molecular formula is C11H17Cl2N3O. The Morgan fingerprint density at radius 2 is 2.35 bits per heavy atom. The number of carbonyl (C=O) groups is 1. The van der Waals surface area contributed by atoms with Gasteiger partial charge in [0.2, 0.25) is 0 Å². The predicted octanol–water partition coefficient (Wildman–Crippen LogP) is 1.96. The van der Waals surface area contributed by atoms with Crippen LogP contribution < -0.4 is 10.6 Å². The molecule has 2 rings (SSSR count). The van der Waals surface area contributed by atoms with Gasteiger partial charge in [0, 0.05) is 18.3 Å². The molecule has 0 bridgehead atoms. The van der Waals surface area contributed by atoms with Crippen molar-refractivity contribution in [3.05, 3.63) is 23.0 Å². The van der Waals surface area contributed by atoms with E-state index in [9.17, 15) is 4.79 Å². The maximum Gasteiger partial charge on any atom is 0.268 e. The molecule has 4 nitrogen and oxygen atoms in total. The third kappa shape index (κ3) is 3.63. The Bertz CT molecular complexity index is 381. The topological polar surface area (TPSA) is 56.9 Å². The number of aromatic amines is 1. The number of nitrogens with one attached hydrogen (secondary N) is 3. The molecule has 1 aromatic rings. The Hall–Kier alpha value is -0.710. The molecule has 0 saturated carbocycles. The number of amides is 1. The molecule has 1 aliphatic rings. The average Bonchev–Trinajstić information content (AvgIpc) is 2.68. The first-order chi connectivity index (χ1) is 7.66. The number of hydrogen-bond donors (Lipinski definition) is 3. The normalized spacial score (nSPS) is 23.9. The Kier molecular flexibility index (Phi) is 5.31. The highest BCUT2D eigenvalue weighted by Gasteiger charge is 2.23. The Morgan fingerprint density at radius 1 is 1.59 bits per heavy atom. The highest BCUT2D eigenvalue weighted by Crippen LogP contribution is 2.12. The Labute approximate surface area is 112 Å². The lowest BCUT2D eigenvalue weighted by molar-refractivity contribution is 0.0915. The number of halogens is 2. The summed E-state index contributed by atoms with van der Waals surface area (Å²) in [7, 11) is 0. The van der Waals surface area contributed by atoms with Crippen molar-refractivity contribution in [3.63, 3.8) is 0 Å². The molecule has 6 heteroatoms. The standard InChI is InChI=1S/C11H16ClN3O.ClH/c1-7-9(3-2-4-13-7)15-11(16)10-5-8(12)6-14-10;/h5-7,9,13-14H,2-4H2,1H3,(H,15,16);1H. The summed E-state index contributed by atoms with van der Waals surface area (Å²) in [6, 6.07) is 2.16. The fraction of sp³-hybridized carbons (Fsp3) is 0.545. The summed E-state index contributed by atoms with van der Waals surface area (Å²) in [6.07, 6.45) is 3.73. The van der Waals surface area contributed by atoms with Crippen molar-refractivity contribution in [3.8, 4) is 0 Å². The van der Waals surface area contributed by atoms with Gasteiger partial charge in [-0.05, 0) is 32.4 Å². The van der Waals surface area contributed by atoms with E-state index in [1.807, 2.05) is 0 Å². The molecule has 1 saturated heterocycles.